The Bertz CT molecular complexity index is 410. The standard InChI is InChI=1S/C12H11ClO/c1-3-4-5-12(14)11-7-6-10(13)8-9(11)2/h6-8H,5H2,1-2H3. The number of Topliss-reactive ketones (excluding diaryl/α,β-unsaturated/α-hetero) is 1. The van der Waals surface area contributed by atoms with Gasteiger partial charge < -0.3 is 0 Å². The van der Waals surface area contributed by atoms with Crippen LogP contribution >= 0.6 is 11.6 Å². The second-order valence-electron chi connectivity index (χ2n) is 2.99. The van der Waals surface area contributed by atoms with Crippen molar-refractivity contribution in [2.24, 2.45) is 0 Å². The number of rotatable bonds is 2. The van der Waals surface area contributed by atoms with Gasteiger partial charge in [0.25, 0.3) is 0 Å². The minimum atomic E-state index is 0.0496. The molecule has 0 heterocycles. The van der Waals surface area contributed by atoms with Crippen LogP contribution in [-0.4, -0.2) is 5.78 Å². The van der Waals surface area contributed by atoms with Gasteiger partial charge in [-0.3, -0.25) is 4.79 Å². The van der Waals surface area contributed by atoms with E-state index in [1.165, 1.54) is 0 Å². The van der Waals surface area contributed by atoms with E-state index in [2.05, 4.69) is 11.8 Å². The molecule has 2 heteroatoms. The molecule has 72 valence electrons. The van der Waals surface area contributed by atoms with Crippen molar-refractivity contribution in [2.75, 3.05) is 0 Å². The van der Waals surface area contributed by atoms with Crippen LogP contribution in [0.3, 0.4) is 0 Å². The summed E-state index contributed by atoms with van der Waals surface area (Å²) >= 11 is 5.79. The number of halogens is 1. The molecule has 0 saturated heterocycles. The number of hydrogen-bond acceptors (Lipinski definition) is 1. The SMILES string of the molecule is CC#CCC(=O)c1ccc(Cl)cc1C. The molecule has 1 nitrogen and oxygen atoms in total. The summed E-state index contributed by atoms with van der Waals surface area (Å²) in [5.41, 5.74) is 1.61. The first-order chi connectivity index (χ1) is 6.65. The molecular formula is C12H11ClO. The number of hydrogen-bond donors (Lipinski definition) is 0. The fourth-order valence-corrected chi connectivity index (χ4v) is 1.43. The highest BCUT2D eigenvalue weighted by Crippen LogP contribution is 2.16. The molecule has 0 aliphatic carbocycles. The number of carbonyl (C=O) groups excluding carboxylic acids is 1. The van der Waals surface area contributed by atoms with Gasteiger partial charge in [-0.1, -0.05) is 17.5 Å². The Morgan fingerprint density at radius 1 is 1.50 bits per heavy atom. The molecule has 0 N–H and O–H groups in total. The third kappa shape index (κ3) is 2.61. The maximum absolute atomic E-state index is 11.6. The molecule has 0 aliphatic heterocycles. The summed E-state index contributed by atoms with van der Waals surface area (Å²) in [4.78, 5) is 11.6. The molecule has 0 radical (unpaired) electrons. The van der Waals surface area contributed by atoms with Crippen molar-refractivity contribution in [3.8, 4) is 11.8 Å². The zero-order valence-electron chi connectivity index (χ0n) is 8.23. The van der Waals surface area contributed by atoms with Gasteiger partial charge in [0.05, 0.1) is 6.42 Å². The van der Waals surface area contributed by atoms with E-state index in [-0.39, 0.29) is 12.2 Å². The van der Waals surface area contributed by atoms with Crippen LogP contribution in [0, 0.1) is 18.8 Å². The third-order valence-electron chi connectivity index (χ3n) is 1.91. The lowest BCUT2D eigenvalue weighted by atomic mass is 10.0. The van der Waals surface area contributed by atoms with Gasteiger partial charge in [-0.2, -0.15) is 0 Å². The summed E-state index contributed by atoms with van der Waals surface area (Å²) in [6.45, 7) is 3.60. The Morgan fingerprint density at radius 2 is 2.21 bits per heavy atom. The van der Waals surface area contributed by atoms with Crippen molar-refractivity contribution in [3.05, 3.63) is 34.3 Å². The maximum atomic E-state index is 11.6. The Kier molecular flexibility index (Phi) is 3.73. The predicted molar refractivity (Wildman–Crippen MR) is 58.6 cm³/mol. The second kappa shape index (κ2) is 4.83. The van der Waals surface area contributed by atoms with Crippen LogP contribution in [0.5, 0.6) is 0 Å². The Balaban J connectivity index is 2.94. The zero-order valence-corrected chi connectivity index (χ0v) is 8.98. The summed E-state index contributed by atoms with van der Waals surface area (Å²) in [6.07, 6.45) is 0.277. The van der Waals surface area contributed by atoms with Gasteiger partial charge in [0.2, 0.25) is 0 Å². The molecule has 0 bridgehead atoms. The highest BCUT2D eigenvalue weighted by molar-refractivity contribution is 6.30. The molecule has 0 atom stereocenters. The molecule has 1 rings (SSSR count). The molecule has 0 amide bonds. The first-order valence-electron chi connectivity index (χ1n) is 4.34. The molecule has 14 heavy (non-hydrogen) atoms. The Morgan fingerprint density at radius 3 is 2.79 bits per heavy atom. The first kappa shape index (κ1) is 10.8. The number of ketones is 1. The van der Waals surface area contributed by atoms with E-state index < -0.39 is 0 Å². The molecule has 0 aromatic heterocycles. The van der Waals surface area contributed by atoms with Crippen LogP contribution in [0.2, 0.25) is 5.02 Å². The van der Waals surface area contributed by atoms with Crippen molar-refractivity contribution in [1.29, 1.82) is 0 Å². The molecule has 1 aromatic carbocycles. The quantitative estimate of drug-likeness (QED) is 0.536. The van der Waals surface area contributed by atoms with E-state index in [1.807, 2.05) is 6.92 Å². The summed E-state index contributed by atoms with van der Waals surface area (Å²) in [5.74, 6) is 5.51. The monoisotopic (exact) mass is 206 g/mol. The Hall–Kier alpha value is -1.26. The van der Waals surface area contributed by atoms with Gasteiger partial charge in [-0.15, -0.1) is 5.92 Å². The first-order valence-corrected chi connectivity index (χ1v) is 4.72. The van der Waals surface area contributed by atoms with Crippen LogP contribution in [0.4, 0.5) is 0 Å². The smallest absolute Gasteiger partial charge is 0.174 e. The lowest BCUT2D eigenvalue weighted by molar-refractivity contribution is 0.0997. The Labute approximate surface area is 89.1 Å². The molecule has 1 aromatic rings. The summed E-state index contributed by atoms with van der Waals surface area (Å²) in [7, 11) is 0. The molecule has 0 spiro atoms. The molecular weight excluding hydrogens is 196 g/mol. The van der Waals surface area contributed by atoms with Gasteiger partial charge in [-0.25, -0.2) is 0 Å². The topological polar surface area (TPSA) is 17.1 Å². The van der Waals surface area contributed by atoms with Crippen molar-refractivity contribution in [2.45, 2.75) is 20.3 Å². The van der Waals surface area contributed by atoms with Gasteiger partial charge in [0, 0.05) is 10.6 Å². The second-order valence-corrected chi connectivity index (χ2v) is 3.42. The van der Waals surface area contributed by atoms with Gasteiger partial charge in [-0.05, 0) is 37.6 Å². The lowest BCUT2D eigenvalue weighted by Crippen LogP contribution is -1.99. The largest absolute Gasteiger partial charge is 0.293 e. The summed E-state index contributed by atoms with van der Waals surface area (Å²) in [6, 6.07) is 5.26. The lowest BCUT2D eigenvalue weighted by Gasteiger charge is -2.02. The minimum Gasteiger partial charge on any atom is -0.293 e. The van der Waals surface area contributed by atoms with Crippen LogP contribution < -0.4 is 0 Å². The summed E-state index contributed by atoms with van der Waals surface area (Å²) < 4.78 is 0. The molecule has 0 aliphatic rings. The highest BCUT2D eigenvalue weighted by atomic mass is 35.5. The number of aryl methyl sites for hydroxylation is 1. The van der Waals surface area contributed by atoms with Crippen molar-refractivity contribution >= 4 is 17.4 Å². The molecule has 0 unspecified atom stereocenters. The van der Waals surface area contributed by atoms with Gasteiger partial charge in [0.15, 0.2) is 5.78 Å². The van der Waals surface area contributed by atoms with E-state index >= 15 is 0 Å². The fraction of sp³-hybridized carbons (Fsp3) is 0.250. The molecule has 0 fully saturated rings. The van der Waals surface area contributed by atoms with Crippen molar-refractivity contribution < 1.29 is 4.79 Å². The number of carbonyl (C=O) groups is 1. The fourth-order valence-electron chi connectivity index (χ4n) is 1.20. The van der Waals surface area contributed by atoms with E-state index in [9.17, 15) is 4.79 Å². The summed E-state index contributed by atoms with van der Waals surface area (Å²) in [5, 5.41) is 0.653. The van der Waals surface area contributed by atoms with Gasteiger partial charge in [0.1, 0.15) is 0 Å². The maximum Gasteiger partial charge on any atom is 0.174 e. The normalized spacial score (nSPS) is 9.07. The highest BCUT2D eigenvalue weighted by Gasteiger charge is 2.07. The van der Waals surface area contributed by atoms with Crippen molar-refractivity contribution in [3.63, 3.8) is 0 Å². The van der Waals surface area contributed by atoms with E-state index in [1.54, 1.807) is 25.1 Å². The van der Waals surface area contributed by atoms with Gasteiger partial charge >= 0.3 is 0 Å². The number of benzene rings is 1. The van der Waals surface area contributed by atoms with Crippen LogP contribution in [0.25, 0.3) is 0 Å². The molecule has 0 saturated carbocycles. The minimum absolute atomic E-state index is 0.0496. The van der Waals surface area contributed by atoms with Crippen molar-refractivity contribution in [1.82, 2.24) is 0 Å². The predicted octanol–water partition coefficient (Wildman–Crippen LogP) is 3.24. The van der Waals surface area contributed by atoms with Crippen LogP contribution in [-0.2, 0) is 0 Å². The van der Waals surface area contributed by atoms with Crippen LogP contribution in [0.1, 0.15) is 29.3 Å². The third-order valence-corrected chi connectivity index (χ3v) is 2.15. The van der Waals surface area contributed by atoms with E-state index in [4.69, 9.17) is 11.6 Å². The average molecular weight is 207 g/mol. The van der Waals surface area contributed by atoms with Crippen LogP contribution in [0.15, 0.2) is 18.2 Å². The zero-order chi connectivity index (χ0) is 10.6. The average Bonchev–Trinajstić information content (AvgIpc) is 2.14. The van der Waals surface area contributed by atoms with E-state index in [0.717, 1.165) is 5.56 Å². The van der Waals surface area contributed by atoms with E-state index in [0.29, 0.717) is 10.6 Å².